The molecule has 24 rings (SSSR count). The number of allylic oxidation sites excluding steroid dienone is 10. The molecule has 19 saturated carbocycles. The molecule has 0 saturated heterocycles. The normalized spacial score (nSPS) is 52.7. The summed E-state index contributed by atoms with van der Waals surface area (Å²) in [6, 6.07) is 0. The van der Waals surface area contributed by atoms with Crippen LogP contribution in [0, 0.1) is 172 Å². The smallest absolute Gasteiger partial charge is 0.312 e. The van der Waals surface area contributed by atoms with Crippen molar-refractivity contribution in [3.63, 3.8) is 0 Å². The van der Waals surface area contributed by atoms with Crippen LogP contribution in [0.25, 0.3) is 0 Å². The molecule has 13 nitrogen and oxygen atoms in total. The van der Waals surface area contributed by atoms with Crippen molar-refractivity contribution in [1.82, 2.24) is 0 Å². The number of aliphatic hydroxyl groups excluding tert-OH is 4. The van der Waals surface area contributed by atoms with E-state index in [2.05, 4.69) is 120 Å². The molecule has 24 aliphatic rings. The van der Waals surface area contributed by atoms with Crippen LogP contribution in [-0.4, -0.2) is 107 Å². The van der Waals surface area contributed by atoms with E-state index in [9.17, 15) is 64.2 Å². The lowest BCUT2D eigenvalue weighted by molar-refractivity contribution is -0.228. The maximum atomic E-state index is 12.4. The summed E-state index contributed by atoms with van der Waals surface area (Å²) in [4.78, 5) is 84.9. The van der Waals surface area contributed by atoms with E-state index < -0.39 is 11.2 Å². The van der Waals surface area contributed by atoms with Crippen molar-refractivity contribution in [2.24, 2.45) is 166 Å². The number of rotatable bonds is 0. The molecule has 0 bridgehead atoms. The summed E-state index contributed by atoms with van der Waals surface area (Å²) in [5, 5.41) is 64.1. The average molecular weight is 1770 g/mol. The predicted molar refractivity (Wildman–Crippen MR) is 506 cm³/mol. The Balaban J connectivity index is 0.000000101. The Morgan fingerprint density at radius 3 is 1.30 bits per heavy atom. The van der Waals surface area contributed by atoms with Gasteiger partial charge in [-0.3, -0.25) is 28.8 Å². The summed E-state index contributed by atoms with van der Waals surface area (Å²) in [6.07, 6.45) is 63.8. The quantitative estimate of drug-likeness (QED) is 0.0978. The summed E-state index contributed by atoms with van der Waals surface area (Å²) in [5.41, 5.74) is 9.11. The fraction of sp³-hybridized carbons (Fsp3) is 0.828. The van der Waals surface area contributed by atoms with E-state index in [4.69, 9.17) is 0 Å². The highest BCUT2D eigenvalue weighted by atomic mass is 16.3. The van der Waals surface area contributed by atoms with Crippen molar-refractivity contribution in [3.8, 4) is 0 Å². The zero-order chi connectivity index (χ0) is 91.5. The Hall–Kier alpha value is -4.24. The monoisotopic (exact) mass is 1770 g/mol. The molecular formula is C116H169O13+. The van der Waals surface area contributed by atoms with Crippen LogP contribution >= 0.6 is 0 Å². The van der Waals surface area contributed by atoms with Gasteiger partial charge in [0, 0.05) is 89.8 Å². The molecule has 13 heteroatoms. The zero-order valence-corrected chi connectivity index (χ0v) is 82.1. The van der Waals surface area contributed by atoms with Crippen molar-refractivity contribution in [1.29, 1.82) is 0 Å². The van der Waals surface area contributed by atoms with Crippen molar-refractivity contribution >= 4 is 40.5 Å². The number of fused-ring (bicyclic) bond motifs is 30. The highest BCUT2D eigenvalue weighted by Gasteiger charge is 2.71. The first-order valence-electron chi connectivity index (χ1n) is 53.9. The number of carbonyl (C=O) groups is 7. The molecule has 0 heterocycles. The van der Waals surface area contributed by atoms with Gasteiger partial charge in [-0.15, -0.1) is 0 Å². The van der Waals surface area contributed by atoms with E-state index in [1.54, 1.807) is 27.9 Å². The molecule has 0 aliphatic heterocycles. The van der Waals surface area contributed by atoms with E-state index in [-0.39, 0.29) is 90.8 Å². The number of ketones is 7. The molecule has 19 fully saturated rings. The van der Waals surface area contributed by atoms with Crippen molar-refractivity contribution in [2.45, 2.75) is 434 Å². The van der Waals surface area contributed by atoms with Crippen LogP contribution in [-0.2, 0) is 33.6 Å². The molecule has 35 atom stereocenters. The Morgan fingerprint density at radius 2 is 0.752 bits per heavy atom. The summed E-state index contributed by atoms with van der Waals surface area (Å²) >= 11 is 0. The van der Waals surface area contributed by atoms with Gasteiger partial charge in [-0.1, -0.05) is 140 Å². The second kappa shape index (κ2) is 33.3. The SMILES string of the molecule is C/C=C1/CC[C@H]2[C@@H]3CC[C@@H]4C[C@H](O)CC[C@]4(C)C3=CC[C@]12C.C[C@]12CC=C3[C@@H](CC[C@@H]4C[C@H](O)CC[C@]34C)[C@@H]1CC[C@@H]2O.C[C@]12CCC(=O)C=C1CC[C@H]1[C@@H]3CCC(=O)[C@@]3(C)CC[C@@]12O.C[C@]12CCC(=O)C[C@H]1CC[C@@H]1C2=CC[C@]2(C)C(=O)CC[C@@H]12.C[C@]12CCC(=O)C[C@H]1CC[C@H]1[C@@H]3CCC(=O)[C@@]3(C)CC[C@@]12O.C[C@]12CC[C@@H](O)C[C@H]1CC[C@@H]1C2=CC[C@]2(C)C(=O)[CH+]C[C@@H]12. The van der Waals surface area contributed by atoms with Gasteiger partial charge in [0.2, 0.25) is 0 Å². The minimum atomic E-state index is -0.730. The number of Topliss-reactive ketones (excluding diaryl/α,β-unsaturated/α-hetero) is 6. The van der Waals surface area contributed by atoms with Crippen molar-refractivity contribution in [3.05, 3.63) is 76.3 Å². The fourth-order valence-electron chi connectivity index (χ4n) is 38.5. The van der Waals surface area contributed by atoms with Crippen LogP contribution in [0.5, 0.6) is 0 Å². The van der Waals surface area contributed by atoms with Crippen molar-refractivity contribution < 1.29 is 64.2 Å². The summed E-state index contributed by atoms with van der Waals surface area (Å²) < 4.78 is 0. The van der Waals surface area contributed by atoms with Crippen LogP contribution in [0.4, 0.5) is 0 Å². The summed E-state index contributed by atoms with van der Waals surface area (Å²) in [6.45, 7) is 30.0. The van der Waals surface area contributed by atoms with E-state index in [0.717, 1.165) is 210 Å². The maximum Gasteiger partial charge on any atom is 0.312 e. The second-order valence-electron chi connectivity index (χ2n) is 52.0. The van der Waals surface area contributed by atoms with E-state index >= 15 is 0 Å². The van der Waals surface area contributed by atoms with Gasteiger partial charge < -0.3 is 30.6 Å². The van der Waals surface area contributed by atoms with Crippen molar-refractivity contribution in [2.75, 3.05) is 0 Å². The Kier molecular flexibility index (Phi) is 24.2. The van der Waals surface area contributed by atoms with Crippen LogP contribution in [0.3, 0.4) is 0 Å². The third-order valence-electron chi connectivity index (χ3n) is 47.4. The summed E-state index contributed by atoms with van der Waals surface area (Å²) in [7, 11) is 0. The van der Waals surface area contributed by atoms with Crippen LogP contribution in [0.2, 0.25) is 0 Å². The van der Waals surface area contributed by atoms with Crippen LogP contribution in [0.15, 0.2) is 69.9 Å². The minimum absolute atomic E-state index is 0.0369. The standard InChI is InChI=1S/C21H32O.C19H28O3.C19H26O3.C19H30O2.C19H27O2.C19H26O2/c1-4-14-6-8-18-17-7-5-15-13-16(22)9-11-21(15,3)19(17)10-12-20(14,18)2;2*1-17-9-10-19(22)15(14(17)5-6-16(17)21)4-3-12-11-13(20)7-8-18(12,19)2;3*1-18-9-7-13(20)11-12(18)3-4-14-15-5-6-17(21)19(15,2)10-8-16(14)18/h4,10,15-18,22H,5-9,11-13H2,1-3H3;12,14-15,22H,3-11H2,1-2H3;11,14-15,22H,3-10H2,1-2H3;8,12-15,17,20-21H,3-7,9-11H2,1-2H3;6,8,12-15,20H,3-5,7,9-11H2,1-2H3;8,12,14-15H,3-7,9-11H2,1-2H3/q;;;;+1;/b14-4-;;;;;/t15-,16-,17+,18+,20-,21+;12-,14+,15+,17+,18+,19-;14-,15-,17-,18-,19+;12-,13-,14+,15+,17+,18+,19+;12-,13-,14+,15+,18+,19+;12-,14+,15+,18+,19+/m110111/s1. The number of carbonyl (C=O) groups excluding carboxylic acids is 7. The Morgan fingerprint density at radius 1 is 0.333 bits per heavy atom. The molecule has 0 aromatic rings. The van der Waals surface area contributed by atoms with Crippen LogP contribution in [0.1, 0.15) is 398 Å². The lowest BCUT2D eigenvalue weighted by Gasteiger charge is -2.64. The zero-order valence-electron chi connectivity index (χ0n) is 82.1. The lowest BCUT2D eigenvalue weighted by Crippen LogP contribution is -2.65. The van der Waals surface area contributed by atoms with Crippen LogP contribution < -0.4 is 0 Å². The third kappa shape index (κ3) is 14.3. The summed E-state index contributed by atoms with van der Waals surface area (Å²) in [5.74, 6) is 12.3. The molecule has 0 amide bonds. The molecule has 6 N–H and O–H groups in total. The van der Waals surface area contributed by atoms with Gasteiger partial charge in [0.25, 0.3) is 0 Å². The van der Waals surface area contributed by atoms with Gasteiger partial charge in [-0.25, -0.2) is 4.79 Å². The third-order valence-corrected chi connectivity index (χ3v) is 47.4. The van der Waals surface area contributed by atoms with E-state index in [1.807, 2.05) is 12.5 Å². The Bertz CT molecular complexity index is 4660. The number of hydrogen-bond donors (Lipinski definition) is 6. The highest BCUT2D eigenvalue weighted by Crippen LogP contribution is 2.73. The first-order valence-corrected chi connectivity index (χ1v) is 53.9. The second-order valence-corrected chi connectivity index (χ2v) is 52.0. The first-order chi connectivity index (χ1) is 61.0. The fourth-order valence-corrected chi connectivity index (χ4v) is 38.5. The van der Waals surface area contributed by atoms with Gasteiger partial charge in [-0.2, -0.15) is 0 Å². The largest absolute Gasteiger partial charge is 0.393 e. The molecule has 0 unspecified atom stereocenters. The van der Waals surface area contributed by atoms with Gasteiger partial charge in [0.15, 0.2) is 5.78 Å². The van der Waals surface area contributed by atoms with Gasteiger partial charge >= 0.3 is 5.78 Å². The van der Waals surface area contributed by atoms with E-state index in [1.165, 1.54) is 83.5 Å². The lowest BCUT2D eigenvalue weighted by atomic mass is 9.43. The Labute approximate surface area is 775 Å². The molecule has 0 radical (unpaired) electrons. The predicted octanol–water partition coefficient (Wildman–Crippen LogP) is 23.2. The minimum Gasteiger partial charge on any atom is -0.393 e. The molecule has 0 spiro atoms. The molecule has 710 valence electrons. The first kappa shape index (κ1) is 93.8. The number of hydrogen-bond acceptors (Lipinski definition) is 13. The molecule has 129 heavy (non-hydrogen) atoms. The van der Waals surface area contributed by atoms with Gasteiger partial charge in [-0.05, 0) is 392 Å². The molecule has 24 aliphatic carbocycles. The van der Waals surface area contributed by atoms with Gasteiger partial charge in [0.05, 0.1) is 41.0 Å². The average Bonchev–Trinajstić information content (AvgIpc) is 1.61. The topological polar surface area (TPSA) is 241 Å². The van der Waals surface area contributed by atoms with Gasteiger partial charge in [0.1, 0.15) is 41.8 Å². The number of aliphatic hydroxyl groups is 6. The molecular weight excluding hydrogens is 1600 g/mol. The van der Waals surface area contributed by atoms with E-state index in [0.29, 0.717) is 160 Å². The maximum absolute atomic E-state index is 12.4. The molecule has 0 aromatic carbocycles. The highest BCUT2D eigenvalue weighted by molar-refractivity contribution is 5.95. The molecule has 0 aromatic heterocycles.